The molecule has 0 saturated heterocycles. The summed E-state index contributed by atoms with van der Waals surface area (Å²) in [4.78, 5) is 13.0. The highest BCUT2D eigenvalue weighted by atomic mass is 16.1. The molecule has 0 aromatic heterocycles. The van der Waals surface area contributed by atoms with E-state index in [1.165, 1.54) is 17.3 Å². The maximum absolute atomic E-state index is 10.6. The third-order valence-corrected chi connectivity index (χ3v) is 2.92. The average Bonchev–Trinajstić information content (AvgIpc) is 2.68. The molecule has 0 unspecified atom stereocenters. The Bertz CT molecular complexity index is 438. The second kappa shape index (κ2) is 4.39. The van der Waals surface area contributed by atoms with E-state index in [0.717, 1.165) is 25.1 Å². The number of likely N-dealkylation sites (N-methyl/N-ethyl adjacent to an activating group) is 1. The van der Waals surface area contributed by atoms with Crippen LogP contribution in [0.3, 0.4) is 0 Å². The van der Waals surface area contributed by atoms with Crippen molar-refractivity contribution in [1.82, 2.24) is 0 Å². The fourth-order valence-electron chi connectivity index (χ4n) is 2.10. The zero-order valence-corrected chi connectivity index (χ0v) is 9.44. The summed E-state index contributed by atoms with van der Waals surface area (Å²) in [5.74, 6) is -0.407. The van der Waals surface area contributed by atoms with Gasteiger partial charge in [-0.3, -0.25) is 4.79 Å². The van der Waals surface area contributed by atoms with E-state index >= 15 is 0 Å². The Kier molecular flexibility index (Phi) is 2.95. The summed E-state index contributed by atoms with van der Waals surface area (Å²) in [6.45, 7) is 4.30. The van der Waals surface area contributed by atoms with E-state index < -0.39 is 5.91 Å². The van der Waals surface area contributed by atoms with Gasteiger partial charge in [-0.2, -0.15) is 0 Å². The quantitative estimate of drug-likeness (QED) is 0.779. The van der Waals surface area contributed by atoms with Crippen molar-refractivity contribution in [3.63, 3.8) is 0 Å². The van der Waals surface area contributed by atoms with Crippen LogP contribution in [0.5, 0.6) is 0 Å². The van der Waals surface area contributed by atoms with Crippen molar-refractivity contribution in [3.05, 3.63) is 35.4 Å². The van der Waals surface area contributed by atoms with Gasteiger partial charge in [0.15, 0.2) is 0 Å². The number of carbonyl (C=O) groups is 1. The number of anilines is 1. The Balaban J connectivity index is 2.24. The number of nitrogens with zero attached hydrogens (tertiary/aromatic N) is 1. The summed E-state index contributed by atoms with van der Waals surface area (Å²) in [6.07, 6.45) is 4.24. The van der Waals surface area contributed by atoms with Crippen LogP contribution in [-0.2, 0) is 11.2 Å². The number of carbonyl (C=O) groups excluding carboxylic acids is 1. The fraction of sp³-hybridized carbons (Fsp3) is 0.308. The molecule has 1 aliphatic heterocycles. The lowest BCUT2D eigenvalue weighted by Crippen LogP contribution is -2.18. The van der Waals surface area contributed by atoms with Crippen molar-refractivity contribution in [2.75, 3.05) is 18.0 Å². The van der Waals surface area contributed by atoms with Crippen molar-refractivity contribution in [2.45, 2.75) is 13.3 Å². The van der Waals surface area contributed by atoms with E-state index in [1.54, 1.807) is 6.08 Å². The minimum Gasteiger partial charge on any atom is -0.371 e. The van der Waals surface area contributed by atoms with Crippen LogP contribution in [0.15, 0.2) is 24.3 Å². The second-order valence-corrected chi connectivity index (χ2v) is 3.95. The molecule has 0 aliphatic carbocycles. The molecular weight excluding hydrogens is 200 g/mol. The van der Waals surface area contributed by atoms with Crippen LogP contribution in [-0.4, -0.2) is 19.0 Å². The molecule has 1 aromatic rings. The van der Waals surface area contributed by atoms with Gasteiger partial charge in [-0.1, -0.05) is 6.07 Å². The highest BCUT2D eigenvalue weighted by Gasteiger charge is 2.16. The van der Waals surface area contributed by atoms with Crippen LogP contribution in [0, 0.1) is 0 Å². The third kappa shape index (κ3) is 2.08. The van der Waals surface area contributed by atoms with Crippen LogP contribution in [0.4, 0.5) is 5.69 Å². The van der Waals surface area contributed by atoms with Crippen molar-refractivity contribution in [3.8, 4) is 0 Å². The maximum Gasteiger partial charge on any atom is 0.241 e. The smallest absolute Gasteiger partial charge is 0.241 e. The predicted octanol–water partition coefficient (Wildman–Crippen LogP) is 1.57. The predicted molar refractivity (Wildman–Crippen MR) is 66.3 cm³/mol. The molecule has 0 atom stereocenters. The summed E-state index contributed by atoms with van der Waals surface area (Å²) in [5.41, 5.74) is 8.77. The topological polar surface area (TPSA) is 46.3 Å². The number of fused-ring (bicyclic) bond motifs is 1. The average molecular weight is 216 g/mol. The molecule has 1 amide bonds. The normalized spacial score (nSPS) is 14.4. The first-order chi connectivity index (χ1) is 7.70. The minimum absolute atomic E-state index is 0.407. The third-order valence-electron chi connectivity index (χ3n) is 2.92. The Morgan fingerprint density at radius 2 is 2.38 bits per heavy atom. The number of benzene rings is 1. The molecule has 2 N–H and O–H groups in total. The zero-order chi connectivity index (χ0) is 11.5. The highest BCUT2D eigenvalue weighted by molar-refractivity contribution is 5.90. The first-order valence-electron chi connectivity index (χ1n) is 5.56. The van der Waals surface area contributed by atoms with Gasteiger partial charge in [0.05, 0.1) is 0 Å². The van der Waals surface area contributed by atoms with Gasteiger partial charge < -0.3 is 10.6 Å². The summed E-state index contributed by atoms with van der Waals surface area (Å²) < 4.78 is 0. The van der Waals surface area contributed by atoms with Crippen molar-refractivity contribution in [2.24, 2.45) is 5.73 Å². The van der Waals surface area contributed by atoms with Crippen molar-refractivity contribution >= 4 is 17.7 Å². The standard InChI is InChI=1S/C13H16N2O/c1-2-15-8-7-11-9-10(3-5-12(11)15)4-6-13(14)16/h3-6,9H,2,7-8H2,1H3,(H2,14,16)/b6-4-. The van der Waals surface area contributed by atoms with Crippen LogP contribution >= 0.6 is 0 Å². The van der Waals surface area contributed by atoms with E-state index in [0.29, 0.717) is 0 Å². The van der Waals surface area contributed by atoms with Crippen molar-refractivity contribution < 1.29 is 4.79 Å². The summed E-state index contributed by atoms with van der Waals surface area (Å²) in [7, 11) is 0. The van der Waals surface area contributed by atoms with Crippen LogP contribution in [0.25, 0.3) is 6.08 Å². The number of primary amides is 1. The first-order valence-corrected chi connectivity index (χ1v) is 5.56. The number of rotatable bonds is 3. The minimum atomic E-state index is -0.407. The lowest BCUT2D eigenvalue weighted by molar-refractivity contribution is -0.113. The van der Waals surface area contributed by atoms with E-state index in [4.69, 9.17) is 5.73 Å². The first kappa shape index (κ1) is 10.7. The fourth-order valence-corrected chi connectivity index (χ4v) is 2.10. The molecular formula is C13H16N2O. The molecule has 1 heterocycles. The summed E-state index contributed by atoms with van der Waals surface area (Å²) in [5, 5.41) is 0. The molecule has 3 heteroatoms. The second-order valence-electron chi connectivity index (χ2n) is 3.95. The monoisotopic (exact) mass is 216 g/mol. The van der Waals surface area contributed by atoms with Gasteiger partial charge in [-0.15, -0.1) is 0 Å². The van der Waals surface area contributed by atoms with E-state index in [1.807, 2.05) is 6.07 Å². The van der Waals surface area contributed by atoms with Gasteiger partial charge in [0.1, 0.15) is 0 Å². The molecule has 0 saturated carbocycles. The largest absolute Gasteiger partial charge is 0.371 e. The Morgan fingerprint density at radius 1 is 1.56 bits per heavy atom. The van der Waals surface area contributed by atoms with Gasteiger partial charge in [0.25, 0.3) is 0 Å². The number of hydrogen-bond donors (Lipinski definition) is 1. The Hall–Kier alpha value is -1.77. The van der Waals surface area contributed by atoms with Crippen LogP contribution in [0.1, 0.15) is 18.1 Å². The molecule has 1 aliphatic rings. The van der Waals surface area contributed by atoms with E-state index in [-0.39, 0.29) is 0 Å². The van der Waals surface area contributed by atoms with Gasteiger partial charge in [-0.05, 0) is 42.7 Å². The molecule has 0 bridgehead atoms. The highest BCUT2D eigenvalue weighted by Crippen LogP contribution is 2.28. The Morgan fingerprint density at radius 3 is 3.06 bits per heavy atom. The molecule has 0 spiro atoms. The van der Waals surface area contributed by atoms with Gasteiger partial charge in [0, 0.05) is 24.9 Å². The molecule has 0 fully saturated rings. The Labute approximate surface area is 95.6 Å². The van der Waals surface area contributed by atoms with Gasteiger partial charge in [0.2, 0.25) is 5.91 Å². The van der Waals surface area contributed by atoms with Gasteiger partial charge >= 0.3 is 0 Å². The SMILES string of the molecule is CCN1CCc2cc(/C=C\C(N)=O)ccc21. The number of nitrogens with two attached hydrogens (primary N) is 1. The van der Waals surface area contributed by atoms with E-state index in [2.05, 4.69) is 24.0 Å². The lowest BCUT2D eigenvalue weighted by atomic mass is 10.1. The van der Waals surface area contributed by atoms with E-state index in [9.17, 15) is 4.79 Å². The molecule has 1 aromatic carbocycles. The molecule has 16 heavy (non-hydrogen) atoms. The van der Waals surface area contributed by atoms with Crippen LogP contribution < -0.4 is 10.6 Å². The summed E-state index contributed by atoms with van der Waals surface area (Å²) in [6, 6.07) is 6.27. The molecule has 2 rings (SSSR count). The molecule has 84 valence electrons. The lowest BCUT2D eigenvalue weighted by Gasteiger charge is -2.16. The molecule has 0 radical (unpaired) electrons. The van der Waals surface area contributed by atoms with Gasteiger partial charge in [-0.25, -0.2) is 0 Å². The number of hydrogen-bond acceptors (Lipinski definition) is 2. The molecule has 3 nitrogen and oxygen atoms in total. The summed E-state index contributed by atoms with van der Waals surface area (Å²) >= 11 is 0. The number of amides is 1. The zero-order valence-electron chi connectivity index (χ0n) is 9.44. The maximum atomic E-state index is 10.6. The van der Waals surface area contributed by atoms with Crippen molar-refractivity contribution in [1.29, 1.82) is 0 Å². The van der Waals surface area contributed by atoms with Crippen LogP contribution in [0.2, 0.25) is 0 Å².